The van der Waals surface area contributed by atoms with E-state index in [0.29, 0.717) is 11.3 Å². The Balaban J connectivity index is 2.46. The molecular formula is C14H14FNO3S. The number of aromatic hydroxyl groups is 1. The molecule has 4 nitrogen and oxygen atoms in total. The fraction of sp³-hybridized carbons (Fsp3) is 0.143. The van der Waals surface area contributed by atoms with E-state index in [0.717, 1.165) is 10.4 Å². The number of sulfonamides is 1. The van der Waals surface area contributed by atoms with Crippen LogP contribution in [0.3, 0.4) is 0 Å². The molecule has 0 aliphatic carbocycles. The molecular weight excluding hydrogens is 281 g/mol. The number of phenols is 1. The number of hydrogen-bond acceptors (Lipinski definition) is 3. The first kappa shape index (κ1) is 14.3. The van der Waals surface area contributed by atoms with Crippen molar-refractivity contribution >= 4 is 15.7 Å². The summed E-state index contributed by atoms with van der Waals surface area (Å²) in [7, 11) is -2.36. The zero-order valence-electron chi connectivity index (χ0n) is 11.0. The van der Waals surface area contributed by atoms with Crippen LogP contribution in [-0.4, -0.2) is 20.6 Å². The van der Waals surface area contributed by atoms with Crippen LogP contribution < -0.4 is 4.31 Å². The molecule has 6 heteroatoms. The molecule has 0 aliphatic rings. The second-order valence-electron chi connectivity index (χ2n) is 4.40. The standard InChI is InChI=1S/C14H14FNO3S/c1-10-9-11(15)3-8-14(10)20(18,19)16(2)12-4-6-13(17)7-5-12/h3-9,17H,1-2H3. The third-order valence-corrected chi connectivity index (χ3v) is 4.93. The highest BCUT2D eigenvalue weighted by Gasteiger charge is 2.23. The van der Waals surface area contributed by atoms with E-state index in [9.17, 15) is 17.9 Å². The molecule has 0 saturated carbocycles. The second-order valence-corrected chi connectivity index (χ2v) is 6.34. The van der Waals surface area contributed by atoms with E-state index < -0.39 is 15.8 Å². The predicted octanol–water partition coefficient (Wildman–Crippen LogP) is 2.66. The summed E-state index contributed by atoms with van der Waals surface area (Å²) in [5.41, 5.74) is 0.752. The Bertz CT molecular complexity index is 727. The molecule has 0 radical (unpaired) electrons. The highest BCUT2D eigenvalue weighted by atomic mass is 32.2. The molecule has 106 valence electrons. The lowest BCUT2D eigenvalue weighted by molar-refractivity contribution is 0.475. The van der Waals surface area contributed by atoms with Crippen molar-refractivity contribution in [3.63, 3.8) is 0 Å². The van der Waals surface area contributed by atoms with E-state index in [2.05, 4.69) is 0 Å². The summed E-state index contributed by atoms with van der Waals surface area (Å²) in [5.74, 6) is -0.425. The van der Waals surface area contributed by atoms with Gasteiger partial charge in [-0.05, 0) is 55.0 Å². The maximum absolute atomic E-state index is 13.1. The zero-order valence-corrected chi connectivity index (χ0v) is 11.9. The van der Waals surface area contributed by atoms with E-state index in [1.807, 2.05) is 0 Å². The maximum Gasteiger partial charge on any atom is 0.264 e. The van der Waals surface area contributed by atoms with E-state index in [1.165, 1.54) is 43.4 Å². The molecule has 2 aromatic carbocycles. The van der Waals surface area contributed by atoms with Gasteiger partial charge in [0.25, 0.3) is 10.0 Å². The fourth-order valence-corrected chi connectivity index (χ4v) is 3.25. The molecule has 0 aliphatic heterocycles. The van der Waals surface area contributed by atoms with Crippen molar-refractivity contribution in [2.24, 2.45) is 0 Å². The minimum absolute atomic E-state index is 0.0504. The SMILES string of the molecule is Cc1cc(F)ccc1S(=O)(=O)N(C)c1ccc(O)cc1. The summed E-state index contributed by atoms with van der Waals surface area (Å²) in [6.07, 6.45) is 0. The summed E-state index contributed by atoms with van der Waals surface area (Å²) in [6.45, 7) is 1.54. The summed E-state index contributed by atoms with van der Waals surface area (Å²) in [6, 6.07) is 9.33. The molecule has 1 N–H and O–H groups in total. The number of phenolic OH excluding ortho intramolecular Hbond substituents is 1. The molecule has 2 aromatic rings. The van der Waals surface area contributed by atoms with E-state index >= 15 is 0 Å². The summed E-state index contributed by atoms with van der Waals surface area (Å²) in [4.78, 5) is 0.0504. The molecule has 0 bridgehead atoms. The Morgan fingerprint density at radius 1 is 1.10 bits per heavy atom. The van der Waals surface area contributed by atoms with Gasteiger partial charge >= 0.3 is 0 Å². The number of hydrogen-bond donors (Lipinski definition) is 1. The summed E-state index contributed by atoms with van der Waals surface area (Å²) < 4.78 is 39.1. The first-order chi connectivity index (χ1) is 9.32. The number of anilines is 1. The lowest BCUT2D eigenvalue weighted by Crippen LogP contribution is -2.27. The number of aryl methyl sites for hydroxylation is 1. The van der Waals surface area contributed by atoms with E-state index in [4.69, 9.17) is 0 Å². The highest BCUT2D eigenvalue weighted by molar-refractivity contribution is 7.92. The van der Waals surface area contributed by atoms with Crippen LogP contribution in [0.1, 0.15) is 5.56 Å². The van der Waals surface area contributed by atoms with Crippen molar-refractivity contribution < 1.29 is 17.9 Å². The van der Waals surface area contributed by atoms with Crippen molar-refractivity contribution in [1.29, 1.82) is 0 Å². The van der Waals surface area contributed by atoms with Crippen LogP contribution >= 0.6 is 0 Å². The zero-order chi connectivity index (χ0) is 14.9. The molecule has 0 unspecified atom stereocenters. The molecule has 0 atom stereocenters. The minimum atomic E-state index is -3.77. The van der Waals surface area contributed by atoms with Crippen LogP contribution in [0.15, 0.2) is 47.4 Å². The average Bonchev–Trinajstić information content (AvgIpc) is 2.38. The van der Waals surface area contributed by atoms with Crippen LogP contribution in [0.2, 0.25) is 0 Å². The smallest absolute Gasteiger partial charge is 0.264 e. The highest BCUT2D eigenvalue weighted by Crippen LogP contribution is 2.25. The summed E-state index contributed by atoms with van der Waals surface area (Å²) >= 11 is 0. The normalized spacial score (nSPS) is 11.3. The van der Waals surface area contributed by atoms with Crippen molar-refractivity contribution in [2.45, 2.75) is 11.8 Å². The third-order valence-electron chi connectivity index (χ3n) is 2.99. The van der Waals surface area contributed by atoms with Gasteiger partial charge in [0.1, 0.15) is 11.6 Å². The van der Waals surface area contributed by atoms with Crippen molar-refractivity contribution in [2.75, 3.05) is 11.4 Å². The number of benzene rings is 2. The van der Waals surface area contributed by atoms with Crippen molar-refractivity contribution in [1.82, 2.24) is 0 Å². The van der Waals surface area contributed by atoms with Crippen LogP contribution in [0, 0.1) is 12.7 Å². The predicted molar refractivity (Wildman–Crippen MR) is 74.8 cm³/mol. The Kier molecular flexibility index (Phi) is 3.67. The Labute approximate surface area is 117 Å². The number of halogens is 1. The molecule has 0 saturated heterocycles. The van der Waals surface area contributed by atoms with Crippen LogP contribution in [0.4, 0.5) is 10.1 Å². The maximum atomic E-state index is 13.1. The lowest BCUT2D eigenvalue weighted by atomic mass is 10.2. The molecule has 0 fully saturated rings. The second kappa shape index (κ2) is 5.13. The quantitative estimate of drug-likeness (QED) is 0.947. The van der Waals surface area contributed by atoms with Crippen LogP contribution in [-0.2, 0) is 10.0 Å². The molecule has 0 heterocycles. The first-order valence-electron chi connectivity index (χ1n) is 5.86. The van der Waals surface area contributed by atoms with Crippen molar-refractivity contribution in [3.8, 4) is 5.75 Å². The van der Waals surface area contributed by atoms with Gasteiger partial charge in [-0.2, -0.15) is 0 Å². The Morgan fingerprint density at radius 3 is 2.25 bits per heavy atom. The summed E-state index contributed by atoms with van der Waals surface area (Å²) in [5, 5.41) is 9.22. The third kappa shape index (κ3) is 2.60. The van der Waals surface area contributed by atoms with Gasteiger partial charge in [0.15, 0.2) is 0 Å². The van der Waals surface area contributed by atoms with Gasteiger partial charge < -0.3 is 5.11 Å². The van der Waals surface area contributed by atoms with Gasteiger partial charge in [-0.1, -0.05) is 0 Å². The van der Waals surface area contributed by atoms with Gasteiger partial charge in [-0.25, -0.2) is 12.8 Å². The molecule has 0 aromatic heterocycles. The molecule has 0 amide bonds. The first-order valence-corrected chi connectivity index (χ1v) is 7.30. The average molecular weight is 295 g/mol. The van der Waals surface area contributed by atoms with Gasteiger partial charge in [0, 0.05) is 7.05 Å². The number of rotatable bonds is 3. The Hall–Kier alpha value is -2.08. The Morgan fingerprint density at radius 2 is 1.70 bits per heavy atom. The minimum Gasteiger partial charge on any atom is -0.508 e. The largest absolute Gasteiger partial charge is 0.508 e. The van der Waals surface area contributed by atoms with Crippen LogP contribution in [0.25, 0.3) is 0 Å². The fourth-order valence-electron chi connectivity index (χ4n) is 1.85. The van der Waals surface area contributed by atoms with Crippen LogP contribution in [0.5, 0.6) is 5.75 Å². The lowest BCUT2D eigenvalue weighted by Gasteiger charge is -2.20. The van der Waals surface area contributed by atoms with Gasteiger partial charge in [0.2, 0.25) is 0 Å². The molecule has 2 rings (SSSR count). The van der Waals surface area contributed by atoms with Gasteiger partial charge in [-0.15, -0.1) is 0 Å². The van der Waals surface area contributed by atoms with Crippen molar-refractivity contribution in [3.05, 3.63) is 53.8 Å². The number of nitrogens with zero attached hydrogens (tertiary/aromatic N) is 1. The molecule has 0 spiro atoms. The topological polar surface area (TPSA) is 57.6 Å². The van der Waals surface area contributed by atoms with E-state index in [-0.39, 0.29) is 10.6 Å². The van der Waals surface area contributed by atoms with Gasteiger partial charge in [-0.3, -0.25) is 4.31 Å². The monoisotopic (exact) mass is 295 g/mol. The molecule has 20 heavy (non-hydrogen) atoms. The van der Waals surface area contributed by atoms with E-state index in [1.54, 1.807) is 6.92 Å². The van der Waals surface area contributed by atoms with Gasteiger partial charge in [0.05, 0.1) is 10.6 Å².